The molecule has 1 saturated heterocycles. The van der Waals surface area contributed by atoms with Gasteiger partial charge >= 0.3 is 0 Å². The van der Waals surface area contributed by atoms with Gasteiger partial charge in [0.15, 0.2) is 0 Å². The highest BCUT2D eigenvalue weighted by Crippen LogP contribution is 2.15. The summed E-state index contributed by atoms with van der Waals surface area (Å²) in [5.41, 5.74) is -0.0182. The van der Waals surface area contributed by atoms with Crippen molar-refractivity contribution in [2.24, 2.45) is 0 Å². The monoisotopic (exact) mass is 200 g/mol. The van der Waals surface area contributed by atoms with Gasteiger partial charge in [0.05, 0.1) is 5.60 Å². The third kappa shape index (κ3) is 3.56. The third-order valence-electron chi connectivity index (χ3n) is 3.07. The smallest absolute Gasteiger partial charge is 0.0749 e. The molecule has 1 fully saturated rings. The number of ether oxygens (including phenoxy) is 1. The largest absolute Gasteiger partial charge is 0.377 e. The molecular weight excluding hydrogens is 176 g/mol. The van der Waals surface area contributed by atoms with E-state index in [0.29, 0.717) is 6.04 Å². The van der Waals surface area contributed by atoms with Crippen LogP contribution in [0.1, 0.15) is 26.7 Å². The Balaban J connectivity index is 2.37. The zero-order valence-electron chi connectivity index (χ0n) is 9.97. The van der Waals surface area contributed by atoms with Crippen molar-refractivity contribution in [3.8, 4) is 0 Å². The Labute approximate surface area is 87.8 Å². The number of nitrogens with one attached hydrogen (secondary N) is 1. The molecule has 0 aliphatic carbocycles. The van der Waals surface area contributed by atoms with E-state index in [1.54, 1.807) is 7.11 Å². The molecule has 0 bridgehead atoms. The highest BCUT2D eigenvalue weighted by molar-refractivity contribution is 4.81. The van der Waals surface area contributed by atoms with Crippen LogP contribution >= 0.6 is 0 Å². The van der Waals surface area contributed by atoms with Crippen LogP contribution in [0.15, 0.2) is 0 Å². The molecule has 1 N–H and O–H groups in total. The van der Waals surface area contributed by atoms with Crippen molar-refractivity contribution in [2.75, 3.05) is 33.8 Å². The van der Waals surface area contributed by atoms with Crippen LogP contribution in [0.5, 0.6) is 0 Å². The molecule has 1 aliphatic heterocycles. The van der Waals surface area contributed by atoms with Crippen molar-refractivity contribution in [2.45, 2.75) is 38.3 Å². The van der Waals surface area contributed by atoms with E-state index in [1.807, 2.05) is 0 Å². The number of rotatable bonds is 4. The summed E-state index contributed by atoms with van der Waals surface area (Å²) in [4.78, 5) is 2.49. The SMILES string of the molecule is CNC1CCCN(CC(C)(C)OC)C1. The van der Waals surface area contributed by atoms with Crippen LogP contribution in [0, 0.1) is 0 Å². The number of methoxy groups -OCH3 is 1. The molecule has 1 rings (SSSR count). The normalized spacial score (nSPS) is 25.3. The topological polar surface area (TPSA) is 24.5 Å². The minimum atomic E-state index is -0.0182. The summed E-state index contributed by atoms with van der Waals surface area (Å²) in [6.45, 7) is 7.70. The van der Waals surface area contributed by atoms with Gasteiger partial charge in [-0.25, -0.2) is 0 Å². The summed E-state index contributed by atoms with van der Waals surface area (Å²) in [5.74, 6) is 0. The number of hydrogen-bond acceptors (Lipinski definition) is 3. The van der Waals surface area contributed by atoms with E-state index in [1.165, 1.54) is 19.4 Å². The maximum absolute atomic E-state index is 5.45. The van der Waals surface area contributed by atoms with Gasteiger partial charge in [-0.1, -0.05) is 0 Å². The average Bonchev–Trinajstić information content (AvgIpc) is 2.17. The van der Waals surface area contributed by atoms with Crippen molar-refractivity contribution in [3.05, 3.63) is 0 Å². The number of likely N-dealkylation sites (N-methyl/N-ethyl adjacent to an activating group) is 1. The Kier molecular flexibility index (Phi) is 4.35. The predicted molar refractivity (Wildman–Crippen MR) is 59.6 cm³/mol. The van der Waals surface area contributed by atoms with Crippen LogP contribution in [0.4, 0.5) is 0 Å². The first-order valence-corrected chi connectivity index (χ1v) is 5.52. The lowest BCUT2D eigenvalue weighted by molar-refractivity contribution is -0.0138. The predicted octanol–water partition coefficient (Wildman–Crippen LogP) is 1.10. The van der Waals surface area contributed by atoms with Crippen LogP contribution in [0.2, 0.25) is 0 Å². The number of piperidine rings is 1. The van der Waals surface area contributed by atoms with E-state index in [4.69, 9.17) is 4.74 Å². The molecular formula is C11H24N2O. The Bertz CT molecular complexity index is 171. The van der Waals surface area contributed by atoms with Crippen LogP contribution < -0.4 is 5.32 Å². The summed E-state index contributed by atoms with van der Waals surface area (Å²) < 4.78 is 5.45. The summed E-state index contributed by atoms with van der Waals surface area (Å²) in [7, 11) is 3.84. The van der Waals surface area contributed by atoms with E-state index < -0.39 is 0 Å². The molecule has 1 unspecified atom stereocenters. The molecule has 14 heavy (non-hydrogen) atoms. The first kappa shape index (κ1) is 12.0. The minimum Gasteiger partial charge on any atom is -0.377 e. The Morgan fingerprint density at radius 2 is 2.21 bits per heavy atom. The highest BCUT2D eigenvalue weighted by atomic mass is 16.5. The van der Waals surface area contributed by atoms with E-state index in [9.17, 15) is 0 Å². The fourth-order valence-electron chi connectivity index (χ4n) is 2.04. The van der Waals surface area contributed by atoms with E-state index in [2.05, 4.69) is 31.1 Å². The second-order valence-corrected chi connectivity index (χ2v) is 4.83. The lowest BCUT2D eigenvalue weighted by atomic mass is 10.0. The average molecular weight is 200 g/mol. The molecule has 3 heteroatoms. The number of likely N-dealkylation sites (tertiary alicyclic amines) is 1. The van der Waals surface area contributed by atoms with Crippen molar-refractivity contribution in [1.29, 1.82) is 0 Å². The van der Waals surface area contributed by atoms with Gasteiger partial charge in [-0.05, 0) is 40.3 Å². The first-order valence-electron chi connectivity index (χ1n) is 5.52. The van der Waals surface area contributed by atoms with Gasteiger partial charge in [0.2, 0.25) is 0 Å². The molecule has 0 spiro atoms. The van der Waals surface area contributed by atoms with Crippen molar-refractivity contribution in [3.63, 3.8) is 0 Å². The van der Waals surface area contributed by atoms with Crippen molar-refractivity contribution in [1.82, 2.24) is 10.2 Å². The van der Waals surface area contributed by atoms with Crippen LogP contribution in [0.3, 0.4) is 0 Å². The second-order valence-electron chi connectivity index (χ2n) is 4.83. The lowest BCUT2D eigenvalue weighted by Crippen LogP contribution is -2.49. The van der Waals surface area contributed by atoms with Crippen LogP contribution in [0.25, 0.3) is 0 Å². The van der Waals surface area contributed by atoms with Crippen molar-refractivity contribution >= 4 is 0 Å². The van der Waals surface area contributed by atoms with E-state index in [-0.39, 0.29) is 5.60 Å². The molecule has 1 aliphatic rings. The summed E-state index contributed by atoms with van der Waals surface area (Å²) >= 11 is 0. The molecule has 0 radical (unpaired) electrons. The maximum atomic E-state index is 5.45. The Hall–Kier alpha value is -0.120. The quantitative estimate of drug-likeness (QED) is 0.735. The third-order valence-corrected chi connectivity index (χ3v) is 3.07. The second kappa shape index (κ2) is 5.10. The molecule has 0 aromatic heterocycles. The van der Waals surface area contributed by atoms with Crippen LogP contribution in [-0.2, 0) is 4.74 Å². The zero-order valence-corrected chi connectivity index (χ0v) is 9.97. The summed E-state index contributed by atoms with van der Waals surface area (Å²) in [6.07, 6.45) is 2.60. The molecule has 1 heterocycles. The van der Waals surface area contributed by atoms with Gasteiger partial charge in [0.1, 0.15) is 0 Å². The van der Waals surface area contributed by atoms with Gasteiger partial charge in [-0.2, -0.15) is 0 Å². The summed E-state index contributed by atoms with van der Waals surface area (Å²) in [5, 5.41) is 3.36. The molecule has 1 atom stereocenters. The van der Waals surface area contributed by atoms with Gasteiger partial charge in [-0.3, -0.25) is 4.90 Å². The molecule has 84 valence electrons. The van der Waals surface area contributed by atoms with E-state index in [0.717, 1.165) is 13.1 Å². The molecule has 0 aromatic rings. The first-order chi connectivity index (χ1) is 6.57. The maximum Gasteiger partial charge on any atom is 0.0749 e. The minimum absolute atomic E-state index is 0.0182. The highest BCUT2D eigenvalue weighted by Gasteiger charge is 2.25. The molecule has 3 nitrogen and oxygen atoms in total. The van der Waals surface area contributed by atoms with Gasteiger partial charge in [-0.15, -0.1) is 0 Å². The fourth-order valence-corrected chi connectivity index (χ4v) is 2.04. The molecule has 0 saturated carbocycles. The van der Waals surface area contributed by atoms with E-state index >= 15 is 0 Å². The van der Waals surface area contributed by atoms with Gasteiger partial charge in [0.25, 0.3) is 0 Å². The molecule has 0 aromatic carbocycles. The van der Waals surface area contributed by atoms with Crippen molar-refractivity contribution < 1.29 is 4.74 Å². The summed E-state index contributed by atoms with van der Waals surface area (Å²) in [6, 6.07) is 0.663. The number of nitrogens with zero attached hydrogens (tertiary/aromatic N) is 1. The lowest BCUT2D eigenvalue weighted by Gasteiger charge is -2.37. The van der Waals surface area contributed by atoms with Gasteiger partial charge in [0, 0.05) is 26.2 Å². The molecule has 0 amide bonds. The number of hydrogen-bond donors (Lipinski definition) is 1. The zero-order chi connectivity index (χ0) is 10.6. The Morgan fingerprint density at radius 3 is 2.79 bits per heavy atom. The fraction of sp³-hybridized carbons (Fsp3) is 1.00. The van der Waals surface area contributed by atoms with Crippen LogP contribution in [-0.4, -0.2) is 50.3 Å². The standard InChI is InChI=1S/C11H24N2O/c1-11(2,14-4)9-13-7-5-6-10(8-13)12-3/h10,12H,5-9H2,1-4H3. The van der Waals surface area contributed by atoms with Gasteiger partial charge < -0.3 is 10.1 Å². The Morgan fingerprint density at radius 1 is 1.50 bits per heavy atom.